The van der Waals surface area contributed by atoms with Crippen LogP contribution in [-0.4, -0.2) is 67.8 Å². The van der Waals surface area contributed by atoms with Crippen LogP contribution in [0.2, 0.25) is 0 Å². The molecule has 2 unspecified atom stereocenters. The minimum atomic E-state index is -0.159. The van der Waals surface area contributed by atoms with Crippen LogP contribution in [0.3, 0.4) is 0 Å². The van der Waals surface area contributed by atoms with E-state index in [1.165, 1.54) is 6.42 Å². The van der Waals surface area contributed by atoms with Gasteiger partial charge in [-0.15, -0.1) is 0 Å². The Balaban J connectivity index is 1.81. The van der Waals surface area contributed by atoms with Crippen LogP contribution in [-0.2, 0) is 4.74 Å². The molecule has 0 aromatic heterocycles. The molecule has 1 N–H and O–H groups in total. The summed E-state index contributed by atoms with van der Waals surface area (Å²) in [6, 6.07) is 0.652. The predicted molar refractivity (Wildman–Crippen MR) is 70.6 cm³/mol. The predicted octanol–water partition coefficient (Wildman–Crippen LogP) is 0.759. The molecule has 0 aromatic rings. The van der Waals surface area contributed by atoms with E-state index in [2.05, 4.69) is 17.1 Å². The molecule has 0 bridgehead atoms. The number of piperazine rings is 1. The number of nitrogens with zero attached hydrogens (tertiary/aromatic N) is 2. The molecule has 2 aliphatic heterocycles. The minimum Gasteiger partial charge on any atom is -0.450 e. The van der Waals surface area contributed by atoms with E-state index in [0.717, 1.165) is 45.2 Å². The highest BCUT2D eigenvalue weighted by Gasteiger charge is 2.33. The molecule has 2 fully saturated rings. The average molecular weight is 255 g/mol. The van der Waals surface area contributed by atoms with Gasteiger partial charge in [0.2, 0.25) is 0 Å². The molecule has 2 atom stereocenters. The molecule has 18 heavy (non-hydrogen) atoms. The maximum atomic E-state index is 11.6. The van der Waals surface area contributed by atoms with E-state index in [-0.39, 0.29) is 6.09 Å². The van der Waals surface area contributed by atoms with Crippen molar-refractivity contribution in [3.8, 4) is 0 Å². The summed E-state index contributed by atoms with van der Waals surface area (Å²) < 4.78 is 5.04. The van der Waals surface area contributed by atoms with Gasteiger partial charge in [0.25, 0.3) is 0 Å². The number of amides is 1. The smallest absolute Gasteiger partial charge is 0.409 e. The molecule has 2 heterocycles. The van der Waals surface area contributed by atoms with Crippen LogP contribution < -0.4 is 5.32 Å². The first kappa shape index (κ1) is 13.6. The number of hydrogen-bond donors (Lipinski definition) is 1. The largest absolute Gasteiger partial charge is 0.450 e. The molecule has 1 amide bonds. The average Bonchev–Trinajstić information content (AvgIpc) is 2.87. The fraction of sp³-hybridized carbons (Fsp3) is 0.923. The zero-order valence-corrected chi connectivity index (χ0v) is 11.5. The fourth-order valence-electron chi connectivity index (χ4n) is 3.01. The Kier molecular flexibility index (Phi) is 4.83. The van der Waals surface area contributed by atoms with Crippen molar-refractivity contribution in [1.29, 1.82) is 0 Å². The van der Waals surface area contributed by atoms with Gasteiger partial charge in [0.15, 0.2) is 0 Å². The van der Waals surface area contributed by atoms with Crippen molar-refractivity contribution >= 4 is 6.09 Å². The van der Waals surface area contributed by atoms with E-state index in [1.54, 1.807) is 0 Å². The minimum absolute atomic E-state index is 0.159. The molecular weight excluding hydrogens is 230 g/mol. The zero-order valence-electron chi connectivity index (χ0n) is 11.5. The van der Waals surface area contributed by atoms with Gasteiger partial charge in [-0.2, -0.15) is 0 Å². The van der Waals surface area contributed by atoms with Crippen molar-refractivity contribution in [2.75, 3.05) is 45.9 Å². The quantitative estimate of drug-likeness (QED) is 0.808. The second-order valence-electron chi connectivity index (χ2n) is 5.12. The molecule has 5 nitrogen and oxygen atoms in total. The van der Waals surface area contributed by atoms with E-state index < -0.39 is 0 Å². The number of rotatable bonds is 3. The van der Waals surface area contributed by atoms with E-state index in [9.17, 15) is 4.79 Å². The monoisotopic (exact) mass is 255 g/mol. The lowest BCUT2D eigenvalue weighted by molar-refractivity contribution is 0.0611. The normalized spacial score (nSPS) is 29.6. The van der Waals surface area contributed by atoms with Crippen molar-refractivity contribution in [3.05, 3.63) is 0 Å². The lowest BCUT2D eigenvalue weighted by Crippen LogP contribution is -2.53. The first-order chi connectivity index (χ1) is 8.76. The van der Waals surface area contributed by atoms with Gasteiger partial charge < -0.3 is 15.0 Å². The van der Waals surface area contributed by atoms with Gasteiger partial charge in [-0.25, -0.2) is 4.79 Å². The highest BCUT2D eigenvalue weighted by Crippen LogP contribution is 2.20. The summed E-state index contributed by atoms with van der Waals surface area (Å²) >= 11 is 0. The lowest BCUT2D eigenvalue weighted by atomic mass is 9.99. The van der Waals surface area contributed by atoms with Crippen LogP contribution in [0.15, 0.2) is 0 Å². The third-order valence-electron chi connectivity index (χ3n) is 4.14. The molecule has 2 aliphatic rings. The second kappa shape index (κ2) is 6.38. The third kappa shape index (κ3) is 2.95. The molecule has 0 radical (unpaired) electrons. The Morgan fingerprint density at radius 3 is 2.56 bits per heavy atom. The zero-order chi connectivity index (χ0) is 13.0. The Bertz CT molecular complexity index is 277. The van der Waals surface area contributed by atoms with Crippen LogP contribution in [0, 0.1) is 5.92 Å². The van der Waals surface area contributed by atoms with E-state index in [1.807, 2.05) is 11.8 Å². The first-order valence-electron chi connectivity index (χ1n) is 7.12. The third-order valence-corrected chi connectivity index (χ3v) is 4.14. The Morgan fingerprint density at radius 2 is 1.94 bits per heavy atom. The van der Waals surface area contributed by atoms with E-state index in [4.69, 9.17) is 4.74 Å². The van der Waals surface area contributed by atoms with Crippen LogP contribution >= 0.6 is 0 Å². The maximum absolute atomic E-state index is 11.6. The molecule has 0 aliphatic carbocycles. The second-order valence-corrected chi connectivity index (χ2v) is 5.12. The van der Waals surface area contributed by atoms with Gasteiger partial charge >= 0.3 is 6.09 Å². The van der Waals surface area contributed by atoms with Gasteiger partial charge in [0.1, 0.15) is 0 Å². The molecular formula is C13H25N3O2. The summed E-state index contributed by atoms with van der Waals surface area (Å²) in [6.45, 7) is 10.4. The Labute approximate surface area is 109 Å². The van der Waals surface area contributed by atoms with Crippen LogP contribution in [0.1, 0.15) is 20.3 Å². The number of nitrogens with one attached hydrogen (secondary N) is 1. The highest BCUT2D eigenvalue weighted by atomic mass is 16.6. The van der Waals surface area contributed by atoms with E-state index >= 15 is 0 Å². The van der Waals surface area contributed by atoms with Crippen LogP contribution in [0.25, 0.3) is 0 Å². The summed E-state index contributed by atoms with van der Waals surface area (Å²) in [4.78, 5) is 16.0. The first-order valence-corrected chi connectivity index (χ1v) is 7.12. The number of hydrogen-bond acceptors (Lipinski definition) is 4. The molecule has 0 spiro atoms. The van der Waals surface area contributed by atoms with E-state index in [0.29, 0.717) is 12.6 Å². The molecule has 2 rings (SSSR count). The highest BCUT2D eigenvalue weighted by molar-refractivity contribution is 5.67. The van der Waals surface area contributed by atoms with Gasteiger partial charge in [0.05, 0.1) is 6.61 Å². The summed E-state index contributed by atoms with van der Waals surface area (Å²) in [5, 5.41) is 3.48. The number of ether oxygens (including phenoxy) is 1. The van der Waals surface area contributed by atoms with Crippen LogP contribution in [0.4, 0.5) is 4.79 Å². The Hall–Kier alpha value is -0.810. The molecule has 2 saturated heterocycles. The lowest BCUT2D eigenvalue weighted by Gasteiger charge is -2.39. The Morgan fingerprint density at radius 1 is 1.22 bits per heavy atom. The summed E-state index contributed by atoms with van der Waals surface area (Å²) in [7, 11) is 0. The van der Waals surface area contributed by atoms with Crippen LogP contribution in [0.5, 0.6) is 0 Å². The van der Waals surface area contributed by atoms with Crippen molar-refractivity contribution in [2.45, 2.75) is 26.3 Å². The molecule has 5 heteroatoms. The van der Waals surface area contributed by atoms with Gasteiger partial charge in [0, 0.05) is 38.8 Å². The van der Waals surface area contributed by atoms with Gasteiger partial charge in [-0.3, -0.25) is 4.90 Å². The number of carbonyl (C=O) groups is 1. The molecule has 0 aromatic carbocycles. The molecule has 0 saturated carbocycles. The SMILES string of the molecule is CCOC(=O)N1CCN(C2CNCC2CC)CC1. The van der Waals surface area contributed by atoms with Crippen molar-refractivity contribution in [3.63, 3.8) is 0 Å². The van der Waals surface area contributed by atoms with Gasteiger partial charge in [-0.05, 0) is 19.4 Å². The van der Waals surface area contributed by atoms with Crippen molar-refractivity contribution in [2.24, 2.45) is 5.92 Å². The summed E-state index contributed by atoms with van der Waals surface area (Å²) in [5.41, 5.74) is 0. The standard InChI is InChI=1S/C13H25N3O2/c1-3-11-9-14-10-12(11)15-5-7-16(8-6-15)13(17)18-4-2/h11-12,14H,3-10H2,1-2H3. The fourth-order valence-corrected chi connectivity index (χ4v) is 3.01. The maximum Gasteiger partial charge on any atom is 0.409 e. The summed E-state index contributed by atoms with van der Waals surface area (Å²) in [6.07, 6.45) is 1.07. The van der Waals surface area contributed by atoms with Crippen molar-refractivity contribution in [1.82, 2.24) is 15.1 Å². The summed E-state index contributed by atoms with van der Waals surface area (Å²) in [5.74, 6) is 0.763. The molecule has 104 valence electrons. The topological polar surface area (TPSA) is 44.8 Å². The van der Waals surface area contributed by atoms with Crippen molar-refractivity contribution < 1.29 is 9.53 Å². The number of carbonyl (C=O) groups excluding carboxylic acids is 1. The van der Waals surface area contributed by atoms with Gasteiger partial charge in [-0.1, -0.05) is 13.3 Å².